The van der Waals surface area contributed by atoms with E-state index < -0.39 is 5.97 Å². The van der Waals surface area contributed by atoms with Crippen molar-refractivity contribution in [3.05, 3.63) is 84.4 Å². The van der Waals surface area contributed by atoms with Gasteiger partial charge in [-0.05, 0) is 29.3 Å². The molecule has 0 atom stereocenters. The predicted octanol–water partition coefficient (Wildman–Crippen LogP) is 3.94. The first-order valence-corrected chi connectivity index (χ1v) is 9.86. The Balaban J connectivity index is 1.43. The molecule has 3 rings (SSSR count). The minimum absolute atomic E-state index is 0.270. The van der Waals surface area contributed by atoms with Crippen molar-refractivity contribution in [3.63, 3.8) is 0 Å². The Morgan fingerprint density at radius 2 is 1.45 bits per heavy atom. The number of ether oxygens (including phenoxy) is 3. The topological polar surface area (TPSA) is 65.1 Å². The van der Waals surface area contributed by atoms with E-state index in [1.54, 1.807) is 26.3 Å². The van der Waals surface area contributed by atoms with Crippen LogP contribution in [0.25, 0.3) is 11.1 Å². The summed E-state index contributed by atoms with van der Waals surface area (Å²) >= 11 is 0. The predicted molar refractivity (Wildman–Crippen MR) is 118 cm³/mol. The molecule has 0 aliphatic heterocycles. The standard InChI is InChI=1S/C25H25NO5/c1-26(16-21-10-6-7-11-23(21)29-2)24(27)17-31-25(28)18-30-22-14-12-20(13-15-22)19-8-4-3-5-9-19/h3-15H,16-18H2,1-2H3. The lowest BCUT2D eigenvalue weighted by molar-refractivity contribution is -0.153. The molecule has 0 bridgehead atoms. The van der Waals surface area contributed by atoms with Crippen LogP contribution in [0, 0.1) is 0 Å². The number of carbonyl (C=O) groups is 2. The fourth-order valence-corrected chi connectivity index (χ4v) is 2.99. The van der Waals surface area contributed by atoms with Crippen LogP contribution >= 0.6 is 0 Å². The summed E-state index contributed by atoms with van der Waals surface area (Å²) in [5, 5.41) is 0. The summed E-state index contributed by atoms with van der Waals surface area (Å²) in [6, 6.07) is 24.8. The Bertz CT molecular complexity index is 1000. The summed E-state index contributed by atoms with van der Waals surface area (Å²) in [5.74, 6) is 0.333. The molecule has 0 radical (unpaired) electrons. The average Bonchev–Trinajstić information content (AvgIpc) is 2.82. The molecular weight excluding hydrogens is 394 g/mol. The van der Waals surface area contributed by atoms with E-state index in [9.17, 15) is 9.59 Å². The highest BCUT2D eigenvalue weighted by molar-refractivity contribution is 5.81. The van der Waals surface area contributed by atoms with Crippen molar-refractivity contribution in [2.24, 2.45) is 0 Å². The Kier molecular flexibility index (Phi) is 7.65. The number of rotatable bonds is 9. The molecule has 1 amide bonds. The molecule has 6 heteroatoms. The number of nitrogens with zero attached hydrogens (tertiary/aromatic N) is 1. The zero-order valence-corrected chi connectivity index (χ0v) is 17.6. The smallest absolute Gasteiger partial charge is 0.344 e. The van der Waals surface area contributed by atoms with Gasteiger partial charge in [0.15, 0.2) is 13.2 Å². The summed E-state index contributed by atoms with van der Waals surface area (Å²) in [6.07, 6.45) is 0. The summed E-state index contributed by atoms with van der Waals surface area (Å²) in [6.45, 7) is -0.264. The lowest BCUT2D eigenvalue weighted by atomic mass is 10.1. The van der Waals surface area contributed by atoms with Crippen molar-refractivity contribution >= 4 is 11.9 Å². The molecule has 0 aliphatic carbocycles. The van der Waals surface area contributed by atoms with Crippen molar-refractivity contribution in [1.29, 1.82) is 0 Å². The third kappa shape index (κ3) is 6.34. The number of carbonyl (C=O) groups excluding carboxylic acids is 2. The van der Waals surface area contributed by atoms with Crippen LogP contribution in [0.5, 0.6) is 11.5 Å². The van der Waals surface area contributed by atoms with Gasteiger partial charge in [-0.2, -0.15) is 0 Å². The maximum Gasteiger partial charge on any atom is 0.344 e. The molecule has 0 spiro atoms. The summed E-state index contributed by atoms with van der Waals surface area (Å²) < 4.78 is 15.8. The van der Waals surface area contributed by atoms with Gasteiger partial charge < -0.3 is 19.1 Å². The molecule has 0 aromatic heterocycles. The number of esters is 1. The van der Waals surface area contributed by atoms with E-state index in [1.165, 1.54) is 4.90 Å². The van der Waals surface area contributed by atoms with Gasteiger partial charge in [-0.3, -0.25) is 4.79 Å². The fourth-order valence-electron chi connectivity index (χ4n) is 2.99. The summed E-state index contributed by atoms with van der Waals surface area (Å²) in [4.78, 5) is 25.7. The van der Waals surface area contributed by atoms with Gasteiger partial charge in [0.05, 0.1) is 7.11 Å². The normalized spacial score (nSPS) is 10.3. The molecule has 0 N–H and O–H groups in total. The highest BCUT2D eigenvalue weighted by atomic mass is 16.6. The number of benzene rings is 3. The monoisotopic (exact) mass is 419 g/mol. The van der Waals surface area contributed by atoms with Gasteiger partial charge in [-0.1, -0.05) is 60.7 Å². The SMILES string of the molecule is COc1ccccc1CN(C)C(=O)COC(=O)COc1ccc(-c2ccccc2)cc1. The van der Waals surface area contributed by atoms with Gasteiger partial charge in [-0.25, -0.2) is 4.79 Å². The maximum atomic E-state index is 12.3. The Morgan fingerprint density at radius 1 is 0.806 bits per heavy atom. The molecule has 160 valence electrons. The fraction of sp³-hybridized carbons (Fsp3) is 0.200. The number of likely N-dealkylation sites (N-methyl/N-ethyl adjacent to an activating group) is 1. The second-order valence-electron chi connectivity index (χ2n) is 6.90. The zero-order chi connectivity index (χ0) is 22.1. The largest absolute Gasteiger partial charge is 0.496 e. The van der Waals surface area contributed by atoms with Gasteiger partial charge in [0.25, 0.3) is 5.91 Å². The van der Waals surface area contributed by atoms with Gasteiger partial charge in [-0.15, -0.1) is 0 Å². The first kappa shape index (κ1) is 21.9. The van der Waals surface area contributed by atoms with Crippen LogP contribution in [0.4, 0.5) is 0 Å². The molecule has 3 aromatic rings. The Labute approximate surface area is 182 Å². The highest BCUT2D eigenvalue weighted by Crippen LogP contribution is 2.22. The molecule has 0 fully saturated rings. The van der Waals surface area contributed by atoms with Gasteiger partial charge in [0, 0.05) is 19.2 Å². The Hall–Kier alpha value is -3.80. The summed E-state index contributed by atoms with van der Waals surface area (Å²) in [5.41, 5.74) is 3.03. The van der Waals surface area contributed by atoms with Crippen LogP contribution in [-0.4, -0.2) is 44.1 Å². The summed E-state index contributed by atoms with van der Waals surface area (Å²) in [7, 11) is 3.23. The van der Waals surface area contributed by atoms with Gasteiger partial charge in [0.1, 0.15) is 11.5 Å². The van der Waals surface area contributed by atoms with Crippen LogP contribution in [-0.2, 0) is 20.9 Å². The van der Waals surface area contributed by atoms with Crippen molar-refractivity contribution in [3.8, 4) is 22.6 Å². The van der Waals surface area contributed by atoms with E-state index in [0.29, 0.717) is 18.0 Å². The number of hydrogen-bond donors (Lipinski definition) is 0. The second kappa shape index (κ2) is 10.8. The molecule has 6 nitrogen and oxygen atoms in total. The highest BCUT2D eigenvalue weighted by Gasteiger charge is 2.14. The lowest BCUT2D eigenvalue weighted by Crippen LogP contribution is -2.31. The zero-order valence-electron chi connectivity index (χ0n) is 17.6. The third-order valence-electron chi connectivity index (χ3n) is 4.70. The molecule has 0 saturated carbocycles. The van der Waals surface area contributed by atoms with Gasteiger partial charge >= 0.3 is 5.97 Å². The minimum Gasteiger partial charge on any atom is -0.496 e. The molecule has 0 unspecified atom stereocenters. The van der Waals surface area contributed by atoms with Crippen molar-refractivity contribution in [1.82, 2.24) is 4.90 Å². The molecule has 0 heterocycles. The van der Waals surface area contributed by atoms with Crippen molar-refractivity contribution < 1.29 is 23.8 Å². The van der Waals surface area contributed by atoms with Crippen LogP contribution < -0.4 is 9.47 Å². The first-order valence-electron chi connectivity index (χ1n) is 9.86. The van der Waals surface area contributed by atoms with Crippen LogP contribution in [0.15, 0.2) is 78.9 Å². The van der Waals surface area contributed by atoms with E-state index in [4.69, 9.17) is 14.2 Å². The first-order chi connectivity index (χ1) is 15.1. The molecule has 3 aromatic carbocycles. The third-order valence-corrected chi connectivity index (χ3v) is 4.70. The molecule has 0 saturated heterocycles. The molecular formula is C25H25NO5. The number of para-hydroxylation sites is 1. The number of hydrogen-bond acceptors (Lipinski definition) is 5. The van der Waals surface area contributed by atoms with E-state index in [1.807, 2.05) is 66.7 Å². The van der Waals surface area contributed by atoms with E-state index in [2.05, 4.69) is 0 Å². The van der Waals surface area contributed by atoms with E-state index >= 15 is 0 Å². The Morgan fingerprint density at radius 3 is 2.16 bits per heavy atom. The van der Waals surface area contributed by atoms with Crippen molar-refractivity contribution in [2.75, 3.05) is 27.4 Å². The van der Waals surface area contributed by atoms with E-state index in [-0.39, 0.29) is 19.1 Å². The molecule has 0 aliphatic rings. The van der Waals surface area contributed by atoms with E-state index in [0.717, 1.165) is 16.7 Å². The lowest BCUT2D eigenvalue weighted by Gasteiger charge is -2.18. The quantitative estimate of drug-likeness (QED) is 0.492. The average molecular weight is 419 g/mol. The van der Waals surface area contributed by atoms with Crippen LogP contribution in [0.2, 0.25) is 0 Å². The number of amides is 1. The van der Waals surface area contributed by atoms with Gasteiger partial charge in [0.2, 0.25) is 0 Å². The van der Waals surface area contributed by atoms with Crippen LogP contribution in [0.1, 0.15) is 5.56 Å². The minimum atomic E-state index is -0.605. The van der Waals surface area contributed by atoms with Crippen LogP contribution in [0.3, 0.4) is 0 Å². The molecule has 31 heavy (non-hydrogen) atoms. The number of methoxy groups -OCH3 is 1. The maximum absolute atomic E-state index is 12.3. The second-order valence-corrected chi connectivity index (χ2v) is 6.90. The van der Waals surface area contributed by atoms with Crippen molar-refractivity contribution in [2.45, 2.75) is 6.54 Å².